The largest absolute Gasteiger partial charge is 0.480 e. The van der Waals surface area contributed by atoms with E-state index in [4.69, 9.17) is 16.7 Å². The van der Waals surface area contributed by atoms with Gasteiger partial charge in [-0.2, -0.15) is 0 Å². The van der Waals surface area contributed by atoms with Gasteiger partial charge in [-0.15, -0.1) is 0 Å². The average Bonchev–Trinajstić information content (AvgIpc) is 2.21. The zero-order valence-electron chi connectivity index (χ0n) is 10.2. The van der Waals surface area contributed by atoms with Crippen molar-refractivity contribution in [2.45, 2.75) is 19.9 Å². The molecule has 0 radical (unpaired) electrons. The lowest BCUT2D eigenvalue weighted by Crippen LogP contribution is -2.42. The van der Waals surface area contributed by atoms with Crippen LogP contribution in [0.4, 0.5) is 5.69 Å². The molecule has 0 spiro atoms. The second kappa shape index (κ2) is 5.16. The lowest BCUT2D eigenvalue weighted by atomic mass is 10.2. The van der Waals surface area contributed by atoms with Crippen LogP contribution in [0.25, 0.3) is 0 Å². The number of carboxylic acid groups (broad SMARTS) is 1. The molecule has 0 aliphatic carbocycles. The number of rotatable bonds is 4. The molecule has 0 amide bonds. The fourth-order valence-corrected chi connectivity index (χ4v) is 2.85. The Labute approximate surface area is 111 Å². The minimum Gasteiger partial charge on any atom is -0.480 e. The summed E-state index contributed by atoms with van der Waals surface area (Å²) in [5.41, 5.74) is 0.967. The Morgan fingerprint density at radius 2 is 2.00 bits per heavy atom. The second-order valence-corrected chi connectivity index (χ2v) is 6.27. The van der Waals surface area contributed by atoms with Gasteiger partial charge in [-0.05, 0) is 37.6 Å². The highest BCUT2D eigenvalue weighted by atomic mass is 35.5. The Morgan fingerprint density at radius 3 is 2.39 bits per heavy atom. The first-order valence-electron chi connectivity index (χ1n) is 5.13. The van der Waals surface area contributed by atoms with Crippen LogP contribution in [0.3, 0.4) is 0 Å². The van der Waals surface area contributed by atoms with E-state index in [1.807, 2.05) is 0 Å². The summed E-state index contributed by atoms with van der Waals surface area (Å²) < 4.78 is 24.3. The van der Waals surface area contributed by atoms with Gasteiger partial charge in [0, 0.05) is 5.02 Å². The smallest absolute Gasteiger partial charge is 0.327 e. The maximum absolute atomic E-state index is 11.7. The summed E-state index contributed by atoms with van der Waals surface area (Å²) in [5, 5.41) is 9.46. The molecule has 0 aliphatic heterocycles. The maximum Gasteiger partial charge on any atom is 0.327 e. The summed E-state index contributed by atoms with van der Waals surface area (Å²) in [7, 11) is -3.68. The van der Waals surface area contributed by atoms with Crippen LogP contribution in [0.15, 0.2) is 18.2 Å². The number of hydrogen-bond donors (Lipinski definition) is 1. The number of anilines is 1. The van der Waals surface area contributed by atoms with E-state index in [0.29, 0.717) is 10.6 Å². The van der Waals surface area contributed by atoms with E-state index in [1.54, 1.807) is 19.1 Å². The van der Waals surface area contributed by atoms with Crippen molar-refractivity contribution in [2.75, 3.05) is 10.6 Å². The fraction of sp³-hybridized carbons (Fsp3) is 0.364. The van der Waals surface area contributed by atoms with Gasteiger partial charge in [-0.25, -0.2) is 13.2 Å². The molecule has 5 nitrogen and oxygen atoms in total. The lowest BCUT2D eigenvalue weighted by Gasteiger charge is -2.26. The molecule has 0 saturated carbocycles. The number of carbonyl (C=O) groups is 1. The van der Waals surface area contributed by atoms with Crippen molar-refractivity contribution in [1.82, 2.24) is 0 Å². The fourth-order valence-electron chi connectivity index (χ4n) is 1.57. The van der Waals surface area contributed by atoms with E-state index in [2.05, 4.69) is 0 Å². The van der Waals surface area contributed by atoms with Gasteiger partial charge in [0.2, 0.25) is 10.0 Å². The van der Waals surface area contributed by atoms with Gasteiger partial charge >= 0.3 is 5.97 Å². The Morgan fingerprint density at radius 1 is 1.44 bits per heavy atom. The molecule has 18 heavy (non-hydrogen) atoms. The third-order valence-electron chi connectivity index (χ3n) is 2.46. The Balaban J connectivity index is 3.36. The molecule has 1 rings (SSSR count). The summed E-state index contributed by atoms with van der Waals surface area (Å²) in [5.74, 6) is -1.21. The molecule has 0 fully saturated rings. The molecule has 1 aromatic carbocycles. The standard InChI is InChI=1S/C11H14ClNO4S/c1-7-6-9(4-5-10(7)12)13(18(3,16)17)8(2)11(14)15/h4-6,8H,1-3H3,(H,14,15). The summed E-state index contributed by atoms with van der Waals surface area (Å²) >= 11 is 5.86. The topological polar surface area (TPSA) is 74.7 Å². The summed E-state index contributed by atoms with van der Waals surface area (Å²) in [6.07, 6.45) is 0.969. The van der Waals surface area contributed by atoms with Crippen molar-refractivity contribution in [1.29, 1.82) is 0 Å². The monoisotopic (exact) mass is 291 g/mol. The van der Waals surface area contributed by atoms with Crippen LogP contribution in [0.2, 0.25) is 5.02 Å². The van der Waals surface area contributed by atoms with Gasteiger partial charge in [0.25, 0.3) is 0 Å². The molecule has 0 heterocycles. The van der Waals surface area contributed by atoms with Crippen molar-refractivity contribution in [3.63, 3.8) is 0 Å². The molecule has 0 aliphatic rings. The third-order valence-corrected chi connectivity index (χ3v) is 4.13. The van der Waals surface area contributed by atoms with E-state index in [0.717, 1.165) is 10.6 Å². The third kappa shape index (κ3) is 3.14. The highest BCUT2D eigenvalue weighted by molar-refractivity contribution is 7.92. The van der Waals surface area contributed by atoms with Crippen LogP contribution < -0.4 is 4.31 Å². The molecular formula is C11H14ClNO4S. The molecule has 0 bridgehead atoms. The highest BCUT2D eigenvalue weighted by Crippen LogP contribution is 2.26. The molecule has 1 unspecified atom stereocenters. The number of nitrogens with zero attached hydrogens (tertiary/aromatic N) is 1. The molecule has 0 aromatic heterocycles. The molecule has 1 N–H and O–H groups in total. The van der Waals surface area contributed by atoms with E-state index >= 15 is 0 Å². The molecule has 1 aromatic rings. The van der Waals surface area contributed by atoms with Crippen molar-refractivity contribution in [3.05, 3.63) is 28.8 Å². The molecular weight excluding hydrogens is 278 g/mol. The first-order valence-corrected chi connectivity index (χ1v) is 7.35. The number of halogens is 1. The van der Waals surface area contributed by atoms with Crippen LogP contribution in [-0.2, 0) is 14.8 Å². The first-order chi connectivity index (χ1) is 8.14. The van der Waals surface area contributed by atoms with E-state index in [-0.39, 0.29) is 5.69 Å². The van der Waals surface area contributed by atoms with Crippen LogP contribution in [0.1, 0.15) is 12.5 Å². The molecule has 0 saturated heterocycles. The number of sulfonamides is 1. The van der Waals surface area contributed by atoms with Gasteiger partial charge in [-0.3, -0.25) is 4.31 Å². The van der Waals surface area contributed by atoms with Gasteiger partial charge in [0.05, 0.1) is 11.9 Å². The SMILES string of the molecule is Cc1cc(N(C(C)C(=O)O)S(C)(=O)=O)ccc1Cl. The van der Waals surface area contributed by atoms with Crippen molar-refractivity contribution in [3.8, 4) is 0 Å². The lowest BCUT2D eigenvalue weighted by molar-refractivity contribution is -0.137. The molecule has 100 valence electrons. The van der Waals surface area contributed by atoms with Crippen LogP contribution in [0.5, 0.6) is 0 Å². The number of aliphatic carboxylic acids is 1. The Bertz CT molecular complexity index is 570. The van der Waals surface area contributed by atoms with Crippen molar-refractivity contribution < 1.29 is 18.3 Å². The molecule has 7 heteroatoms. The van der Waals surface area contributed by atoms with Crippen LogP contribution >= 0.6 is 11.6 Å². The Kier molecular flexibility index (Phi) is 4.24. The minimum absolute atomic E-state index is 0.286. The van der Waals surface area contributed by atoms with Gasteiger partial charge in [0.1, 0.15) is 6.04 Å². The summed E-state index contributed by atoms with van der Waals surface area (Å²) in [6.45, 7) is 3.03. The van der Waals surface area contributed by atoms with Crippen molar-refractivity contribution in [2.24, 2.45) is 0 Å². The zero-order valence-corrected chi connectivity index (χ0v) is 11.8. The van der Waals surface area contributed by atoms with Gasteiger partial charge in [-0.1, -0.05) is 11.6 Å². The normalized spacial score (nSPS) is 13.1. The van der Waals surface area contributed by atoms with E-state index < -0.39 is 22.0 Å². The maximum atomic E-state index is 11.7. The van der Waals surface area contributed by atoms with Crippen LogP contribution in [0, 0.1) is 6.92 Å². The predicted octanol–water partition coefficient (Wildman–Crippen LogP) is 1.89. The van der Waals surface area contributed by atoms with Gasteiger partial charge < -0.3 is 5.11 Å². The summed E-state index contributed by atoms with van der Waals surface area (Å²) in [6, 6.07) is 3.39. The predicted molar refractivity (Wildman–Crippen MR) is 70.6 cm³/mol. The van der Waals surface area contributed by atoms with Gasteiger partial charge in [0.15, 0.2) is 0 Å². The van der Waals surface area contributed by atoms with E-state index in [1.165, 1.54) is 13.0 Å². The highest BCUT2D eigenvalue weighted by Gasteiger charge is 2.28. The van der Waals surface area contributed by atoms with E-state index in [9.17, 15) is 13.2 Å². The summed E-state index contributed by atoms with van der Waals surface area (Å²) in [4.78, 5) is 11.0. The molecule has 1 atom stereocenters. The van der Waals surface area contributed by atoms with Crippen LogP contribution in [-0.4, -0.2) is 31.8 Å². The average molecular weight is 292 g/mol. The number of hydrogen-bond acceptors (Lipinski definition) is 3. The number of aryl methyl sites for hydroxylation is 1. The number of benzene rings is 1. The second-order valence-electron chi connectivity index (χ2n) is 4.01. The first kappa shape index (κ1) is 14.8. The Hall–Kier alpha value is -1.27. The zero-order chi connectivity index (χ0) is 14.1. The van der Waals surface area contributed by atoms with Crippen molar-refractivity contribution >= 4 is 33.3 Å². The quantitative estimate of drug-likeness (QED) is 0.919. The number of carboxylic acids is 1. The minimum atomic E-state index is -3.68.